The highest BCUT2D eigenvalue weighted by Gasteiger charge is 2.27. The van der Waals surface area contributed by atoms with Crippen molar-refractivity contribution in [3.8, 4) is 0 Å². The smallest absolute Gasteiger partial charge is 0.251 e. The number of hydrogen-bond acceptors (Lipinski definition) is 5. The van der Waals surface area contributed by atoms with Crippen molar-refractivity contribution in [2.24, 2.45) is 0 Å². The highest BCUT2D eigenvalue weighted by molar-refractivity contribution is 7.98. The molecule has 32 heavy (non-hydrogen) atoms. The normalized spacial score (nSPS) is 16.2. The van der Waals surface area contributed by atoms with E-state index in [9.17, 15) is 13.2 Å². The summed E-state index contributed by atoms with van der Waals surface area (Å²) < 4.78 is 27.6. The van der Waals surface area contributed by atoms with E-state index in [0.717, 1.165) is 36.0 Å². The van der Waals surface area contributed by atoms with Gasteiger partial charge in [0.05, 0.1) is 22.0 Å². The summed E-state index contributed by atoms with van der Waals surface area (Å²) in [5.74, 6) is 1.24. The van der Waals surface area contributed by atoms with Gasteiger partial charge in [-0.3, -0.25) is 4.79 Å². The molecule has 1 fully saturated rings. The molecule has 2 aromatic carbocycles. The third kappa shape index (κ3) is 5.00. The van der Waals surface area contributed by atoms with E-state index in [0.29, 0.717) is 30.9 Å². The second-order valence-electron chi connectivity index (χ2n) is 7.94. The van der Waals surface area contributed by atoms with Crippen LogP contribution in [-0.4, -0.2) is 53.7 Å². The molecule has 1 saturated heterocycles. The van der Waals surface area contributed by atoms with Crippen LogP contribution in [-0.2, 0) is 10.0 Å². The molecule has 170 valence electrons. The number of nitrogens with zero attached hydrogens (tertiary/aromatic N) is 2. The zero-order chi connectivity index (χ0) is 22.6. The molecule has 4 rings (SSSR count). The number of nitrogens with one attached hydrogen (secondary N) is 2. The van der Waals surface area contributed by atoms with Crippen LogP contribution in [0.15, 0.2) is 53.4 Å². The van der Waals surface area contributed by atoms with E-state index >= 15 is 0 Å². The van der Waals surface area contributed by atoms with Gasteiger partial charge in [0.2, 0.25) is 10.0 Å². The van der Waals surface area contributed by atoms with Crippen molar-refractivity contribution in [2.45, 2.75) is 36.6 Å². The second kappa shape index (κ2) is 10.1. The minimum Gasteiger partial charge on any atom is -0.342 e. The first-order valence-electron chi connectivity index (χ1n) is 10.8. The third-order valence-corrected chi connectivity index (χ3v) is 8.24. The minimum atomic E-state index is -3.60. The van der Waals surface area contributed by atoms with Crippen LogP contribution in [0.25, 0.3) is 11.0 Å². The standard InChI is InChI=1S/C23H28N4O3S2/c1-31-15-12-21(22-24-19-10-3-4-11-20(19)25-22)26-23(28)17-8-7-9-18(16-17)32(29,30)27-13-5-2-6-14-27/h3-4,7-11,16,21H,2,5-6,12-15H2,1H3,(H,24,25)(H,26,28)/t21-/m0/s1. The summed E-state index contributed by atoms with van der Waals surface area (Å²) in [5, 5.41) is 3.05. The number of benzene rings is 2. The molecule has 0 unspecified atom stereocenters. The lowest BCUT2D eigenvalue weighted by Gasteiger charge is -2.26. The maximum atomic E-state index is 13.1. The molecule has 2 heterocycles. The molecule has 7 nitrogen and oxygen atoms in total. The van der Waals surface area contributed by atoms with Gasteiger partial charge < -0.3 is 10.3 Å². The molecule has 2 N–H and O–H groups in total. The zero-order valence-electron chi connectivity index (χ0n) is 18.1. The zero-order valence-corrected chi connectivity index (χ0v) is 19.7. The molecule has 0 radical (unpaired) electrons. The molecule has 0 aliphatic carbocycles. The molecular formula is C23H28N4O3S2. The van der Waals surface area contributed by atoms with Crippen LogP contribution in [0.5, 0.6) is 0 Å². The molecule has 3 aromatic rings. The Morgan fingerprint density at radius 2 is 1.94 bits per heavy atom. The van der Waals surface area contributed by atoms with Crippen molar-refractivity contribution in [1.82, 2.24) is 19.6 Å². The largest absolute Gasteiger partial charge is 0.342 e. The van der Waals surface area contributed by atoms with Crippen LogP contribution < -0.4 is 5.32 Å². The van der Waals surface area contributed by atoms with Gasteiger partial charge in [-0.05, 0) is 61.6 Å². The fraction of sp³-hybridized carbons (Fsp3) is 0.391. The van der Waals surface area contributed by atoms with Crippen molar-refractivity contribution < 1.29 is 13.2 Å². The van der Waals surface area contributed by atoms with Crippen molar-refractivity contribution in [3.63, 3.8) is 0 Å². The number of piperidine rings is 1. The van der Waals surface area contributed by atoms with E-state index in [1.807, 2.05) is 30.5 Å². The molecule has 1 atom stereocenters. The molecule has 1 aromatic heterocycles. The number of thioether (sulfide) groups is 1. The molecule has 0 saturated carbocycles. The Kier molecular flexibility index (Phi) is 7.17. The minimum absolute atomic E-state index is 0.163. The Morgan fingerprint density at radius 1 is 1.16 bits per heavy atom. The molecule has 0 spiro atoms. The lowest BCUT2D eigenvalue weighted by atomic mass is 10.1. The summed E-state index contributed by atoms with van der Waals surface area (Å²) in [5.41, 5.74) is 2.09. The fourth-order valence-electron chi connectivity index (χ4n) is 3.94. The van der Waals surface area contributed by atoms with E-state index in [1.54, 1.807) is 30.0 Å². The van der Waals surface area contributed by atoms with E-state index in [4.69, 9.17) is 0 Å². The molecule has 1 aliphatic heterocycles. The highest BCUT2D eigenvalue weighted by atomic mass is 32.2. The highest BCUT2D eigenvalue weighted by Crippen LogP contribution is 2.23. The van der Waals surface area contributed by atoms with Crippen molar-refractivity contribution >= 4 is 38.7 Å². The van der Waals surface area contributed by atoms with Crippen molar-refractivity contribution in [3.05, 3.63) is 59.9 Å². The van der Waals surface area contributed by atoms with Gasteiger partial charge in [-0.25, -0.2) is 13.4 Å². The average molecular weight is 473 g/mol. The van der Waals surface area contributed by atoms with Gasteiger partial charge in [-0.1, -0.05) is 24.6 Å². The first-order valence-corrected chi connectivity index (χ1v) is 13.7. The number of imidazole rings is 1. The quantitative estimate of drug-likeness (QED) is 0.517. The Balaban J connectivity index is 1.56. The summed E-state index contributed by atoms with van der Waals surface area (Å²) in [6.07, 6.45) is 5.51. The van der Waals surface area contributed by atoms with Crippen molar-refractivity contribution in [1.29, 1.82) is 0 Å². The number of hydrogen-bond donors (Lipinski definition) is 2. The number of sulfonamides is 1. The predicted molar refractivity (Wildman–Crippen MR) is 128 cm³/mol. The van der Waals surface area contributed by atoms with E-state index in [1.165, 1.54) is 10.4 Å². The molecule has 9 heteroatoms. The Bertz CT molecular complexity index is 1150. The Hall–Kier alpha value is -2.36. The van der Waals surface area contributed by atoms with E-state index in [-0.39, 0.29) is 16.8 Å². The van der Waals surface area contributed by atoms with Crippen LogP contribution in [0.2, 0.25) is 0 Å². The average Bonchev–Trinajstić information content (AvgIpc) is 3.26. The summed E-state index contributed by atoms with van der Waals surface area (Å²) in [7, 11) is -3.60. The maximum absolute atomic E-state index is 13.1. The van der Waals surface area contributed by atoms with Crippen LogP contribution >= 0.6 is 11.8 Å². The Labute approximate surface area is 193 Å². The van der Waals surface area contributed by atoms with Gasteiger partial charge in [0.1, 0.15) is 5.82 Å². The number of aromatic amines is 1. The number of H-pyrrole nitrogens is 1. The van der Waals surface area contributed by atoms with Crippen LogP contribution in [0, 0.1) is 0 Å². The van der Waals surface area contributed by atoms with Gasteiger partial charge in [0.25, 0.3) is 5.91 Å². The molecule has 1 amide bonds. The number of amides is 1. The molecular weight excluding hydrogens is 444 g/mol. The fourth-order valence-corrected chi connectivity index (χ4v) is 5.98. The third-order valence-electron chi connectivity index (χ3n) is 5.70. The van der Waals surface area contributed by atoms with Gasteiger partial charge in [-0.15, -0.1) is 0 Å². The first kappa shape index (κ1) is 22.8. The van der Waals surface area contributed by atoms with Crippen LogP contribution in [0.3, 0.4) is 0 Å². The number of rotatable bonds is 8. The number of fused-ring (bicyclic) bond motifs is 1. The van der Waals surface area contributed by atoms with Gasteiger partial charge >= 0.3 is 0 Å². The summed E-state index contributed by atoms with van der Waals surface area (Å²) in [6, 6.07) is 13.8. The number of carbonyl (C=O) groups is 1. The van der Waals surface area contributed by atoms with Gasteiger partial charge in [0.15, 0.2) is 0 Å². The number of para-hydroxylation sites is 2. The Morgan fingerprint density at radius 3 is 2.69 bits per heavy atom. The maximum Gasteiger partial charge on any atom is 0.251 e. The monoisotopic (exact) mass is 472 g/mol. The van der Waals surface area contributed by atoms with Crippen LogP contribution in [0.1, 0.15) is 47.9 Å². The molecule has 1 aliphatic rings. The first-order chi connectivity index (χ1) is 15.5. The number of carbonyl (C=O) groups excluding carboxylic acids is 1. The number of aromatic nitrogens is 2. The van der Waals surface area contributed by atoms with E-state index in [2.05, 4.69) is 15.3 Å². The van der Waals surface area contributed by atoms with Crippen molar-refractivity contribution in [2.75, 3.05) is 25.1 Å². The summed E-state index contributed by atoms with van der Waals surface area (Å²) >= 11 is 1.70. The lowest BCUT2D eigenvalue weighted by Crippen LogP contribution is -2.35. The van der Waals surface area contributed by atoms with Crippen LogP contribution in [0.4, 0.5) is 0 Å². The van der Waals surface area contributed by atoms with Gasteiger partial charge in [-0.2, -0.15) is 16.1 Å². The summed E-state index contributed by atoms with van der Waals surface area (Å²) in [6.45, 7) is 1.06. The summed E-state index contributed by atoms with van der Waals surface area (Å²) in [4.78, 5) is 21.2. The lowest BCUT2D eigenvalue weighted by molar-refractivity contribution is 0.0934. The topological polar surface area (TPSA) is 95.2 Å². The van der Waals surface area contributed by atoms with Gasteiger partial charge in [0, 0.05) is 18.7 Å². The SMILES string of the molecule is CSCC[C@H](NC(=O)c1cccc(S(=O)(=O)N2CCCCC2)c1)c1nc2ccccc2[nH]1. The molecule has 0 bridgehead atoms. The predicted octanol–water partition coefficient (Wildman–Crippen LogP) is 3.96. The second-order valence-corrected chi connectivity index (χ2v) is 10.9. The van der Waals surface area contributed by atoms with E-state index < -0.39 is 10.0 Å².